The molecular formula is C11H13B2N2. The number of hydrogen-bond donors (Lipinski definition) is 0. The van der Waals surface area contributed by atoms with Gasteiger partial charge in [0.1, 0.15) is 0 Å². The van der Waals surface area contributed by atoms with E-state index in [4.69, 9.17) is 0 Å². The van der Waals surface area contributed by atoms with Gasteiger partial charge >= 0.3 is 91.4 Å². The zero-order chi connectivity index (χ0) is 10.7. The van der Waals surface area contributed by atoms with Crippen LogP contribution in [0.3, 0.4) is 0 Å². The molecule has 0 bridgehead atoms. The van der Waals surface area contributed by atoms with Crippen molar-refractivity contribution in [2.24, 2.45) is 0 Å². The topological polar surface area (TPSA) is 25.8 Å². The first kappa shape index (κ1) is 10.3. The monoisotopic (exact) mass is 195 g/mol. The second-order valence-corrected chi connectivity index (χ2v) is 3.82. The second kappa shape index (κ2) is 4.56. The fourth-order valence-electron chi connectivity index (χ4n) is 1.76. The molecule has 0 N–H and O–H groups in total. The number of aromatic nitrogens is 2. The molecule has 0 spiro atoms. The predicted octanol–water partition coefficient (Wildman–Crippen LogP) is 1.13. The summed E-state index contributed by atoms with van der Waals surface area (Å²) in [4.78, 5) is 8.58. The number of hydrogen-bond acceptors (Lipinski definition) is 2. The Kier molecular flexibility index (Phi) is 3.14. The third kappa shape index (κ3) is 2.44. The molecule has 1 aromatic heterocycles. The van der Waals surface area contributed by atoms with Crippen molar-refractivity contribution in [1.29, 1.82) is 0 Å². The van der Waals surface area contributed by atoms with Crippen molar-refractivity contribution in [3.05, 3.63) is 34.7 Å². The Balaban J connectivity index is 2.00. The summed E-state index contributed by atoms with van der Waals surface area (Å²) < 4.78 is 0. The van der Waals surface area contributed by atoms with Crippen molar-refractivity contribution >= 4 is 20.1 Å². The fourth-order valence-corrected chi connectivity index (χ4v) is 1.76. The molecule has 2 rings (SSSR count). The van der Waals surface area contributed by atoms with Crippen molar-refractivity contribution in [1.82, 2.24) is 9.97 Å². The van der Waals surface area contributed by atoms with Crippen LogP contribution in [0.15, 0.2) is 23.3 Å². The summed E-state index contributed by atoms with van der Waals surface area (Å²) in [6, 6.07) is 0. The van der Waals surface area contributed by atoms with E-state index in [0.717, 1.165) is 24.2 Å². The van der Waals surface area contributed by atoms with Crippen LogP contribution >= 0.6 is 0 Å². The average Bonchev–Trinajstić information content (AvgIpc) is 2.63. The molecule has 15 heavy (non-hydrogen) atoms. The van der Waals surface area contributed by atoms with Crippen LogP contribution in [0.1, 0.15) is 24.7 Å². The van der Waals surface area contributed by atoms with E-state index >= 15 is 0 Å². The molecule has 0 saturated heterocycles. The van der Waals surface area contributed by atoms with E-state index in [0.29, 0.717) is 0 Å². The summed E-state index contributed by atoms with van der Waals surface area (Å²) in [6.45, 7) is 6.32. The minimum atomic E-state index is 0.977. The van der Waals surface area contributed by atoms with Gasteiger partial charge in [-0.05, 0) is 0 Å². The molecule has 2 heterocycles. The SMILES string of the molecule is CC1=C(CCc2nccnc2C)[B]C=B1. The standard InChI is InChI=1S/C11H13B2N2/c1-8-10(13-7-12-8)3-4-11-9(2)14-5-6-15-11/h5-7H,3-4H2,1-2H3. The van der Waals surface area contributed by atoms with Crippen LogP contribution < -0.4 is 0 Å². The van der Waals surface area contributed by atoms with Gasteiger partial charge < -0.3 is 0 Å². The maximum absolute atomic E-state index is 4.34. The van der Waals surface area contributed by atoms with Gasteiger partial charge in [-0.1, -0.05) is 0 Å². The number of allylic oxidation sites excluding steroid dienone is 2. The van der Waals surface area contributed by atoms with E-state index in [2.05, 4.69) is 37.0 Å². The van der Waals surface area contributed by atoms with Crippen LogP contribution in [0.5, 0.6) is 0 Å². The van der Waals surface area contributed by atoms with Gasteiger partial charge in [-0.2, -0.15) is 0 Å². The molecule has 0 aliphatic carbocycles. The quantitative estimate of drug-likeness (QED) is 0.675. The molecule has 1 aromatic rings. The van der Waals surface area contributed by atoms with Crippen molar-refractivity contribution < 1.29 is 0 Å². The van der Waals surface area contributed by atoms with Gasteiger partial charge in [0.25, 0.3) is 0 Å². The first-order valence-electron chi connectivity index (χ1n) is 5.25. The van der Waals surface area contributed by atoms with Gasteiger partial charge in [-0.3, -0.25) is 0 Å². The van der Waals surface area contributed by atoms with Gasteiger partial charge in [0.2, 0.25) is 0 Å². The van der Waals surface area contributed by atoms with Gasteiger partial charge in [-0.25, -0.2) is 0 Å². The Morgan fingerprint density at radius 2 is 1.93 bits per heavy atom. The molecule has 0 saturated carbocycles. The van der Waals surface area contributed by atoms with E-state index in [1.54, 1.807) is 12.4 Å². The molecule has 73 valence electrons. The predicted molar refractivity (Wildman–Crippen MR) is 65.4 cm³/mol. The van der Waals surface area contributed by atoms with Crippen LogP contribution in [-0.2, 0) is 6.42 Å². The Morgan fingerprint density at radius 3 is 2.60 bits per heavy atom. The molecule has 0 aromatic carbocycles. The van der Waals surface area contributed by atoms with Crippen molar-refractivity contribution in [3.63, 3.8) is 0 Å². The zero-order valence-corrected chi connectivity index (χ0v) is 9.20. The first-order chi connectivity index (χ1) is 7.27. The maximum atomic E-state index is 4.34. The molecule has 4 heteroatoms. The molecular weight excluding hydrogens is 182 g/mol. The molecule has 0 fully saturated rings. The van der Waals surface area contributed by atoms with Gasteiger partial charge in [-0.15, -0.1) is 0 Å². The fraction of sp³-hybridized carbons (Fsp3) is 0.364. The van der Waals surface area contributed by atoms with E-state index in [1.165, 1.54) is 10.9 Å². The van der Waals surface area contributed by atoms with Crippen LogP contribution in [0.2, 0.25) is 0 Å². The second-order valence-electron chi connectivity index (χ2n) is 3.82. The molecule has 0 unspecified atom stereocenters. The Hall–Kier alpha value is -1.18. The van der Waals surface area contributed by atoms with E-state index < -0.39 is 0 Å². The van der Waals surface area contributed by atoms with Crippen LogP contribution in [0.4, 0.5) is 0 Å². The molecule has 0 amide bonds. The Bertz CT molecular complexity index is 424. The molecule has 1 radical (unpaired) electrons. The minimum absolute atomic E-state index is 0.977. The summed E-state index contributed by atoms with van der Waals surface area (Å²) in [6.07, 6.45) is 5.54. The Labute approximate surface area is 92.0 Å². The average molecular weight is 195 g/mol. The third-order valence-corrected chi connectivity index (χ3v) is 2.76. The van der Waals surface area contributed by atoms with Crippen molar-refractivity contribution in [2.45, 2.75) is 26.7 Å². The number of aryl methyl sites for hydroxylation is 2. The summed E-state index contributed by atoms with van der Waals surface area (Å²) in [7, 11) is 2.18. The number of rotatable bonds is 3. The molecule has 1 aliphatic rings. The summed E-state index contributed by atoms with van der Waals surface area (Å²) in [5.74, 6) is 2.11. The number of nitrogens with zero attached hydrogens (tertiary/aromatic N) is 2. The van der Waals surface area contributed by atoms with Crippen molar-refractivity contribution in [2.75, 3.05) is 0 Å². The molecule has 0 atom stereocenters. The normalized spacial score (nSPS) is 14.0. The summed E-state index contributed by atoms with van der Waals surface area (Å²) in [5, 5.41) is 0. The summed E-state index contributed by atoms with van der Waals surface area (Å²) in [5.41, 5.74) is 4.94. The van der Waals surface area contributed by atoms with Crippen LogP contribution in [0.25, 0.3) is 0 Å². The van der Waals surface area contributed by atoms with Gasteiger partial charge in [0.15, 0.2) is 0 Å². The summed E-state index contributed by atoms with van der Waals surface area (Å²) >= 11 is 0. The van der Waals surface area contributed by atoms with E-state index in [1.807, 2.05) is 6.92 Å². The molecule has 1 aliphatic heterocycles. The van der Waals surface area contributed by atoms with Crippen LogP contribution in [-0.4, -0.2) is 30.0 Å². The van der Waals surface area contributed by atoms with E-state index in [9.17, 15) is 0 Å². The van der Waals surface area contributed by atoms with Gasteiger partial charge in [0, 0.05) is 0 Å². The third-order valence-electron chi connectivity index (χ3n) is 2.76. The van der Waals surface area contributed by atoms with Crippen molar-refractivity contribution in [3.8, 4) is 0 Å². The molecule has 2 nitrogen and oxygen atoms in total. The Morgan fingerprint density at radius 1 is 1.13 bits per heavy atom. The zero-order valence-electron chi connectivity index (χ0n) is 9.20. The van der Waals surface area contributed by atoms with E-state index in [-0.39, 0.29) is 0 Å². The first-order valence-corrected chi connectivity index (χ1v) is 5.25. The van der Waals surface area contributed by atoms with Gasteiger partial charge in [0.05, 0.1) is 0 Å². The van der Waals surface area contributed by atoms with Crippen LogP contribution in [0, 0.1) is 6.92 Å².